The number of rotatable bonds is 3. The van der Waals surface area contributed by atoms with E-state index in [4.69, 9.17) is 0 Å². The average Bonchev–Trinajstić information content (AvgIpc) is 3.10. The van der Waals surface area contributed by atoms with Crippen molar-refractivity contribution in [1.29, 1.82) is 0 Å². The summed E-state index contributed by atoms with van der Waals surface area (Å²) in [4.78, 5) is 37.6. The minimum absolute atomic E-state index is 0.0896. The first-order valence-corrected chi connectivity index (χ1v) is 9.53. The summed E-state index contributed by atoms with van der Waals surface area (Å²) in [5.74, 6) is 0.647. The normalized spacial score (nSPS) is 13.8. The Balaban J connectivity index is 1.32. The molecule has 1 aliphatic heterocycles. The number of hydrogen-bond donors (Lipinski definition) is 2. The highest BCUT2D eigenvalue weighted by molar-refractivity contribution is 5.86. The fraction of sp³-hybridized carbons (Fsp3) is 0.227. The Hall–Kier alpha value is -3.41. The van der Waals surface area contributed by atoms with Crippen LogP contribution in [0.2, 0.25) is 0 Å². The summed E-state index contributed by atoms with van der Waals surface area (Å²) in [5.41, 5.74) is 4.07. The molecule has 2 N–H and O–H groups in total. The number of para-hydroxylation sites is 2. The van der Waals surface area contributed by atoms with Crippen molar-refractivity contribution in [3.8, 4) is 0 Å². The van der Waals surface area contributed by atoms with E-state index in [0.717, 1.165) is 11.9 Å². The summed E-state index contributed by atoms with van der Waals surface area (Å²) in [7, 11) is 0. The number of nitrogens with zero attached hydrogens (tertiary/aromatic N) is 2. The topological polar surface area (TPSA) is 81.8 Å². The van der Waals surface area contributed by atoms with Crippen LogP contribution in [-0.4, -0.2) is 32.3 Å². The fourth-order valence-corrected chi connectivity index (χ4v) is 4.02. The maximum absolute atomic E-state index is 12.8. The zero-order valence-corrected chi connectivity index (χ0v) is 15.4. The quantitative estimate of drug-likeness (QED) is 0.580. The van der Waals surface area contributed by atoms with Crippen molar-refractivity contribution in [2.75, 3.05) is 6.54 Å². The second-order valence-corrected chi connectivity index (χ2v) is 7.22. The molecule has 0 fully saturated rings. The van der Waals surface area contributed by atoms with Crippen molar-refractivity contribution in [1.82, 2.24) is 19.9 Å². The maximum Gasteiger partial charge on any atom is 0.258 e. The summed E-state index contributed by atoms with van der Waals surface area (Å²) in [6, 6.07) is 15.5. The summed E-state index contributed by atoms with van der Waals surface area (Å²) >= 11 is 0. The lowest BCUT2D eigenvalue weighted by molar-refractivity contribution is -0.132. The number of aromatic nitrogens is 3. The molecule has 0 saturated heterocycles. The van der Waals surface area contributed by atoms with Gasteiger partial charge in [-0.25, -0.2) is 4.98 Å². The summed E-state index contributed by atoms with van der Waals surface area (Å²) in [6.45, 7) is 1.33. The van der Waals surface area contributed by atoms with Crippen LogP contribution in [0.1, 0.15) is 23.5 Å². The zero-order chi connectivity index (χ0) is 19.1. The van der Waals surface area contributed by atoms with Crippen LogP contribution in [0.4, 0.5) is 0 Å². The van der Waals surface area contributed by atoms with Crippen LogP contribution in [0.5, 0.6) is 0 Å². The van der Waals surface area contributed by atoms with Crippen LogP contribution >= 0.6 is 0 Å². The van der Waals surface area contributed by atoms with Crippen molar-refractivity contribution in [3.05, 3.63) is 76.0 Å². The maximum atomic E-state index is 12.8. The Labute approximate surface area is 161 Å². The molecule has 1 amide bonds. The van der Waals surface area contributed by atoms with Gasteiger partial charge in [0.2, 0.25) is 5.91 Å². The number of nitrogens with one attached hydrogen (secondary N) is 2. The third kappa shape index (κ3) is 2.87. The van der Waals surface area contributed by atoms with Gasteiger partial charge in [0.15, 0.2) is 0 Å². The number of carbonyl (C=O) groups is 1. The summed E-state index contributed by atoms with van der Waals surface area (Å²) < 4.78 is 0. The van der Waals surface area contributed by atoms with E-state index in [1.54, 1.807) is 6.07 Å². The van der Waals surface area contributed by atoms with E-state index in [9.17, 15) is 9.59 Å². The molecule has 5 rings (SSSR count). The zero-order valence-electron chi connectivity index (χ0n) is 15.4. The molecule has 1 aliphatic rings. The lowest BCUT2D eigenvalue weighted by Crippen LogP contribution is -2.36. The lowest BCUT2D eigenvalue weighted by atomic mass is 10.0. The van der Waals surface area contributed by atoms with Gasteiger partial charge in [0.05, 0.1) is 10.9 Å². The predicted molar refractivity (Wildman–Crippen MR) is 108 cm³/mol. The smallest absolute Gasteiger partial charge is 0.258 e. The summed E-state index contributed by atoms with van der Waals surface area (Å²) in [5, 5.41) is 1.76. The van der Waals surface area contributed by atoms with E-state index in [1.165, 1.54) is 16.6 Å². The Morgan fingerprint density at radius 2 is 1.82 bits per heavy atom. The molecule has 0 radical (unpaired) electrons. The first-order valence-electron chi connectivity index (χ1n) is 9.53. The van der Waals surface area contributed by atoms with E-state index >= 15 is 0 Å². The molecule has 0 spiro atoms. The third-order valence-corrected chi connectivity index (χ3v) is 5.47. The Bertz CT molecular complexity index is 1250. The minimum atomic E-state index is -0.158. The Morgan fingerprint density at radius 3 is 2.71 bits per heavy atom. The van der Waals surface area contributed by atoms with Gasteiger partial charge in [0, 0.05) is 54.5 Å². The SMILES string of the molecule is O=C(CCc1nc2ccccc2c(=O)[nH]1)N1CCc2[nH]c3ccccc3c2C1. The number of carbonyl (C=O) groups excluding carboxylic acids is 1. The highest BCUT2D eigenvalue weighted by Crippen LogP contribution is 2.27. The Morgan fingerprint density at radius 1 is 1.04 bits per heavy atom. The van der Waals surface area contributed by atoms with Gasteiger partial charge in [-0.15, -0.1) is 0 Å². The van der Waals surface area contributed by atoms with E-state index < -0.39 is 0 Å². The number of hydrogen-bond acceptors (Lipinski definition) is 3. The van der Waals surface area contributed by atoms with Crippen molar-refractivity contribution < 1.29 is 4.79 Å². The van der Waals surface area contributed by atoms with Gasteiger partial charge in [-0.05, 0) is 18.2 Å². The van der Waals surface area contributed by atoms with Crippen LogP contribution in [0.15, 0.2) is 53.3 Å². The lowest BCUT2D eigenvalue weighted by Gasteiger charge is -2.27. The molecular weight excluding hydrogens is 352 g/mol. The number of fused-ring (bicyclic) bond motifs is 4. The number of amides is 1. The first-order chi connectivity index (χ1) is 13.7. The third-order valence-electron chi connectivity index (χ3n) is 5.47. The second-order valence-electron chi connectivity index (χ2n) is 7.22. The molecule has 0 atom stereocenters. The van der Waals surface area contributed by atoms with Gasteiger partial charge in [-0.1, -0.05) is 30.3 Å². The first kappa shape index (κ1) is 16.7. The molecule has 6 heteroatoms. The molecule has 28 heavy (non-hydrogen) atoms. The van der Waals surface area contributed by atoms with Crippen LogP contribution in [0.25, 0.3) is 21.8 Å². The van der Waals surface area contributed by atoms with Gasteiger partial charge in [-0.3, -0.25) is 9.59 Å². The molecule has 0 aliphatic carbocycles. The molecule has 2 aromatic carbocycles. The molecule has 0 bridgehead atoms. The van der Waals surface area contributed by atoms with E-state index in [2.05, 4.69) is 27.1 Å². The van der Waals surface area contributed by atoms with E-state index in [-0.39, 0.29) is 11.5 Å². The largest absolute Gasteiger partial charge is 0.358 e. The number of benzene rings is 2. The highest BCUT2D eigenvalue weighted by atomic mass is 16.2. The molecule has 4 aromatic rings. The summed E-state index contributed by atoms with van der Waals surface area (Å²) in [6.07, 6.45) is 1.59. The fourth-order valence-electron chi connectivity index (χ4n) is 4.02. The van der Waals surface area contributed by atoms with Crippen molar-refractivity contribution >= 4 is 27.7 Å². The van der Waals surface area contributed by atoms with Gasteiger partial charge >= 0.3 is 0 Å². The van der Waals surface area contributed by atoms with Crippen LogP contribution in [-0.2, 0) is 24.2 Å². The van der Waals surface area contributed by atoms with Crippen molar-refractivity contribution in [2.24, 2.45) is 0 Å². The molecule has 6 nitrogen and oxygen atoms in total. The minimum Gasteiger partial charge on any atom is -0.358 e. The van der Waals surface area contributed by atoms with Crippen molar-refractivity contribution in [3.63, 3.8) is 0 Å². The van der Waals surface area contributed by atoms with Crippen LogP contribution in [0.3, 0.4) is 0 Å². The van der Waals surface area contributed by atoms with Gasteiger partial charge in [-0.2, -0.15) is 0 Å². The van der Waals surface area contributed by atoms with Gasteiger partial charge in [0.25, 0.3) is 5.56 Å². The molecule has 0 saturated carbocycles. The predicted octanol–water partition coefficient (Wildman–Crippen LogP) is 2.92. The molecule has 140 valence electrons. The average molecular weight is 372 g/mol. The monoisotopic (exact) mass is 372 g/mol. The van der Waals surface area contributed by atoms with Gasteiger partial charge in [0.1, 0.15) is 5.82 Å². The molecular formula is C22H20N4O2. The number of aromatic amines is 2. The standard InChI is InChI=1S/C22H20N4O2/c27-21(10-9-20-24-18-8-4-2-6-15(18)22(28)25-20)26-12-11-19-16(13-26)14-5-1-3-7-17(14)23-19/h1-8,23H,9-13H2,(H,24,25,28). The number of H-pyrrole nitrogens is 2. The van der Waals surface area contributed by atoms with Gasteiger partial charge < -0.3 is 14.9 Å². The highest BCUT2D eigenvalue weighted by Gasteiger charge is 2.23. The second kappa shape index (κ2) is 6.64. The molecule has 2 aromatic heterocycles. The molecule has 0 unspecified atom stereocenters. The van der Waals surface area contributed by atoms with Crippen LogP contribution < -0.4 is 5.56 Å². The number of aryl methyl sites for hydroxylation is 1. The molecule has 3 heterocycles. The van der Waals surface area contributed by atoms with Crippen molar-refractivity contribution in [2.45, 2.75) is 25.8 Å². The van der Waals surface area contributed by atoms with E-state index in [1.807, 2.05) is 35.2 Å². The Kier molecular flexibility index (Phi) is 3.97. The van der Waals surface area contributed by atoms with E-state index in [0.29, 0.717) is 42.7 Å². The van der Waals surface area contributed by atoms with Crippen LogP contribution in [0, 0.1) is 0 Å².